The molecular weight excluding hydrogens is 234 g/mol. The predicted octanol–water partition coefficient (Wildman–Crippen LogP) is 3.15. The molecular formula is C17H20NO. The highest BCUT2D eigenvalue weighted by Gasteiger charge is 2.03. The largest absolute Gasteiger partial charge is 0.496 e. The van der Waals surface area contributed by atoms with Gasteiger partial charge < -0.3 is 9.64 Å². The van der Waals surface area contributed by atoms with E-state index in [1.54, 1.807) is 7.11 Å². The third-order valence-corrected chi connectivity index (χ3v) is 3.05. The Labute approximate surface area is 115 Å². The van der Waals surface area contributed by atoms with Crippen LogP contribution in [0.25, 0.3) is 0 Å². The molecule has 0 fully saturated rings. The summed E-state index contributed by atoms with van der Waals surface area (Å²) in [6.45, 7) is 0.976. The molecule has 0 bridgehead atoms. The molecule has 2 heteroatoms. The van der Waals surface area contributed by atoms with Gasteiger partial charge in [-0.15, -0.1) is 0 Å². The molecule has 2 aromatic carbocycles. The van der Waals surface area contributed by atoms with E-state index in [4.69, 9.17) is 4.74 Å². The fraction of sp³-hybridized carbons (Fsp3) is 0.294. The molecule has 2 rings (SSSR count). The Morgan fingerprint density at radius 2 is 1.74 bits per heavy atom. The summed E-state index contributed by atoms with van der Waals surface area (Å²) in [5, 5.41) is 0. The van der Waals surface area contributed by atoms with E-state index in [1.807, 2.05) is 12.1 Å². The van der Waals surface area contributed by atoms with Crippen molar-refractivity contribution in [2.75, 3.05) is 21.2 Å². The first-order chi connectivity index (χ1) is 9.19. The molecule has 0 amide bonds. The third-order valence-electron chi connectivity index (χ3n) is 3.05. The van der Waals surface area contributed by atoms with Crippen molar-refractivity contribution >= 4 is 0 Å². The van der Waals surface area contributed by atoms with Crippen LogP contribution in [0.5, 0.6) is 5.75 Å². The van der Waals surface area contributed by atoms with Crippen molar-refractivity contribution in [3.8, 4) is 5.75 Å². The van der Waals surface area contributed by atoms with E-state index in [9.17, 15) is 0 Å². The van der Waals surface area contributed by atoms with Crippen LogP contribution in [0.15, 0.2) is 42.5 Å². The van der Waals surface area contributed by atoms with Gasteiger partial charge in [-0.3, -0.25) is 0 Å². The highest BCUT2D eigenvalue weighted by Crippen LogP contribution is 2.20. The first-order valence-electron chi connectivity index (χ1n) is 6.44. The van der Waals surface area contributed by atoms with E-state index in [1.165, 1.54) is 16.7 Å². The van der Waals surface area contributed by atoms with E-state index >= 15 is 0 Å². The van der Waals surface area contributed by atoms with Crippen molar-refractivity contribution in [2.45, 2.75) is 13.0 Å². The second kappa shape index (κ2) is 6.39. The van der Waals surface area contributed by atoms with Gasteiger partial charge in [0.25, 0.3) is 0 Å². The summed E-state index contributed by atoms with van der Waals surface area (Å²) < 4.78 is 5.36. The van der Waals surface area contributed by atoms with E-state index in [0.29, 0.717) is 0 Å². The van der Waals surface area contributed by atoms with Crippen LogP contribution in [0, 0.1) is 6.07 Å². The van der Waals surface area contributed by atoms with Gasteiger partial charge in [-0.2, -0.15) is 0 Å². The van der Waals surface area contributed by atoms with Crippen LogP contribution in [0.4, 0.5) is 0 Å². The van der Waals surface area contributed by atoms with Crippen LogP contribution in [-0.2, 0) is 13.0 Å². The lowest BCUT2D eigenvalue weighted by molar-refractivity contribution is 0.402. The average molecular weight is 254 g/mol. The van der Waals surface area contributed by atoms with E-state index in [2.05, 4.69) is 55.4 Å². The van der Waals surface area contributed by atoms with Crippen molar-refractivity contribution in [1.82, 2.24) is 4.90 Å². The first kappa shape index (κ1) is 13.6. The fourth-order valence-electron chi connectivity index (χ4n) is 2.13. The summed E-state index contributed by atoms with van der Waals surface area (Å²) in [4.78, 5) is 2.17. The topological polar surface area (TPSA) is 12.5 Å². The van der Waals surface area contributed by atoms with Gasteiger partial charge in [0.2, 0.25) is 0 Å². The summed E-state index contributed by atoms with van der Waals surface area (Å²) in [7, 11) is 5.87. The summed E-state index contributed by atoms with van der Waals surface area (Å²) in [6.07, 6.45) is 0.889. The van der Waals surface area contributed by atoms with Crippen molar-refractivity contribution in [1.29, 1.82) is 0 Å². The maximum Gasteiger partial charge on any atom is 0.123 e. The molecule has 2 aromatic rings. The lowest BCUT2D eigenvalue weighted by Gasteiger charge is -2.11. The Morgan fingerprint density at radius 3 is 2.37 bits per heavy atom. The lowest BCUT2D eigenvalue weighted by atomic mass is 10.0. The number of hydrogen-bond acceptors (Lipinski definition) is 2. The molecule has 0 spiro atoms. The fourth-order valence-corrected chi connectivity index (χ4v) is 2.13. The number of methoxy groups -OCH3 is 1. The van der Waals surface area contributed by atoms with Crippen LogP contribution in [0.1, 0.15) is 16.7 Å². The monoisotopic (exact) mass is 254 g/mol. The number of hydrogen-bond donors (Lipinski definition) is 0. The van der Waals surface area contributed by atoms with Crippen molar-refractivity contribution in [2.24, 2.45) is 0 Å². The zero-order chi connectivity index (χ0) is 13.7. The van der Waals surface area contributed by atoms with Crippen molar-refractivity contribution in [3.63, 3.8) is 0 Å². The third kappa shape index (κ3) is 3.83. The highest BCUT2D eigenvalue weighted by molar-refractivity contribution is 5.37. The summed E-state index contributed by atoms with van der Waals surface area (Å²) in [6, 6.07) is 17.7. The van der Waals surface area contributed by atoms with E-state index in [0.717, 1.165) is 18.7 Å². The average Bonchev–Trinajstić information content (AvgIpc) is 2.41. The Hall–Kier alpha value is -1.80. The molecule has 0 aliphatic rings. The minimum absolute atomic E-state index is 0.889. The summed E-state index contributed by atoms with van der Waals surface area (Å²) in [5.74, 6) is 0.903. The molecule has 2 nitrogen and oxygen atoms in total. The molecule has 99 valence electrons. The molecule has 0 saturated carbocycles. The normalized spacial score (nSPS) is 10.7. The number of nitrogens with zero attached hydrogens (tertiary/aromatic N) is 1. The molecule has 0 aliphatic carbocycles. The van der Waals surface area contributed by atoms with Gasteiger partial charge in [-0.05, 0) is 42.9 Å². The molecule has 0 aromatic heterocycles. The summed E-state index contributed by atoms with van der Waals surface area (Å²) >= 11 is 0. The molecule has 0 unspecified atom stereocenters. The predicted molar refractivity (Wildman–Crippen MR) is 78.5 cm³/mol. The van der Waals surface area contributed by atoms with Crippen molar-refractivity contribution in [3.05, 3.63) is 65.2 Å². The van der Waals surface area contributed by atoms with Gasteiger partial charge in [-0.25, -0.2) is 0 Å². The summed E-state index contributed by atoms with van der Waals surface area (Å²) in [5.41, 5.74) is 3.83. The van der Waals surface area contributed by atoms with E-state index < -0.39 is 0 Å². The molecule has 0 saturated heterocycles. The van der Waals surface area contributed by atoms with Gasteiger partial charge >= 0.3 is 0 Å². The van der Waals surface area contributed by atoms with Gasteiger partial charge in [0.1, 0.15) is 5.75 Å². The number of rotatable bonds is 5. The van der Waals surface area contributed by atoms with Gasteiger partial charge in [0, 0.05) is 13.0 Å². The van der Waals surface area contributed by atoms with Gasteiger partial charge in [0.05, 0.1) is 7.11 Å². The smallest absolute Gasteiger partial charge is 0.123 e. The molecule has 1 radical (unpaired) electrons. The van der Waals surface area contributed by atoms with Crippen LogP contribution in [0.2, 0.25) is 0 Å². The Balaban J connectivity index is 2.11. The zero-order valence-electron chi connectivity index (χ0n) is 11.8. The zero-order valence-corrected chi connectivity index (χ0v) is 11.8. The molecule has 0 heterocycles. The minimum atomic E-state index is 0.889. The van der Waals surface area contributed by atoms with Crippen LogP contribution in [0.3, 0.4) is 0 Å². The molecule has 19 heavy (non-hydrogen) atoms. The maximum absolute atomic E-state index is 5.36. The maximum atomic E-state index is 5.36. The van der Waals surface area contributed by atoms with Crippen LogP contribution >= 0.6 is 0 Å². The second-order valence-electron chi connectivity index (χ2n) is 4.97. The number of benzene rings is 2. The SMILES string of the molecule is COc1c[c]ccc1Cc1ccc(CN(C)C)cc1. The molecule has 0 aliphatic heterocycles. The Bertz CT molecular complexity index is 517. The highest BCUT2D eigenvalue weighted by atomic mass is 16.5. The Morgan fingerprint density at radius 1 is 1.05 bits per heavy atom. The lowest BCUT2D eigenvalue weighted by Crippen LogP contribution is -2.10. The van der Waals surface area contributed by atoms with E-state index in [-0.39, 0.29) is 0 Å². The van der Waals surface area contributed by atoms with Gasteiger partial charge in [-0.1, -0.05) is 36.4 Å². The quantitative estimate of drug-likeness (QED) is 0.812. The number of ether oxygens (including phenoxy) is 1. The first-order valence-corrected chi connectivity index (χ1v) is 6.44. The molecule has 0 atom stereocenters. The van der Waals surface area contributed by atoms with Gasteiger partial charge in [0.15, 0.2) is 0 Å². The molecule has 0 N–H and O–H groups in total. The van der Waals surface area contributed by atoms with Crippen LogP contribution in [-0.4, -0.2) is 26.1 Å². The van der Waals surface area contributed by atoms with Crippen molar-refractivity contribution < 1.29 is 4.74 Å². The minimum Gasteiger partial charge on any atom is -0.496 e. The second-order valence-corrected chi connectivity index (χ2v) is 4.97. The van der Waals surface area contributed by atoms with Crippen LogP contribution < -0.4 is 4.74 Å². The standard InChI is InChI=1S/C17H20NO/c1-18(2)13-15-10-8-14(9-11-15)12-16-6-4-5-7-17(16)19-3/h4,6-11H,12-13H2,1-3H3. The Kier molecular flexibility index (Phi) is 4.58.